The van der Waals surface area contributed by atoms with Crippen molar-refractivity contribution >= 4 is 11.9 Å². The predicted molar refractivity (Wildman–Crippen MR) is 43.1 cm³/mol. The van der Waals surface area contributed by atoms with E-state index in [-0.39, 0.29) is 12.1 Å². The van der Waals surface area contributed by atoms with Gasteiger partial charge in [-0.2, -0.15) is 5.10 Å². The molecule has 3 N–H and O–H groups in total. The van der Waals surface area contributed by atoms with E-state index in [1.807, 2.05) is 0 Å². The van der Waals surface area contributed by atoms with Gasteiger partial charge in [0.05, 0.1) is 11.9 Å². The van der Waals surface area contributed by atoms with E-state index in [9.17, 15) is 9.59 Å². The summed E-state index contributed by atoms with van der Waals surface area (Å²) in [4.78, 5) is 21.1. The quantitative estimate of drug-likeness (QED) is 0.652. The molecule has 1 amide bonds. The summed E-state index contributed by atoms with van der Waals surface area (Å²) in [5.41, 5.74) is 5.44. The molecule has 0 atom stereocenters. The number of aromatic nitrogens is 2. The molecule has 6 nitrogen and oxygen atoms in total. The Morgan fingerprint density at radius 2 is 2.31 bits per heavy atom. The molecule has 0 aliphatic heterocycles. The van der Waals surface area contributed by atoms with Gasteiger partial charge in [0.25, 0.3) is 0 Å². The van der Waals surface area contributed by atoms with Crippen LogP contribution in [0.5, 0.6) is 0 Å². The van der Waals surface area contributed by atoms with Crippen molar-refractivity contribution in [2.24, 2.45) is 5.73 Å². The van der Waals surface area contributed by atoms with Crippen LogP contribution in [0.15, 0.2) is 6.20 Å². The highest BCUT2D eigenvalue weighted by molar-refractivity contribution is 5.88. The molecule has 1 aromatic heterocycles. The number of hydrogen-bond acceptors (Lipinski definition) is 3. The second-order valence-corrected chi connectivity index (χ2v) is 2.57. The summed E-state index contributed by atoms with van der Waals surface area (Å²) in [6, 6.07) is 0. The number of nitrogens with zero attached hydrogens (tertiary/aromatic N) is 2. The van der Waals surface area contributed by atoms with Gasteiger partial charge in [0, 0.05) is 0 Å². The van der Waals surface area contributed by atoms with Crippen LogP contribution in [0, 0.1) is 6.92 Å². The average Bonchev–Trinajstić information content (AvgIpc) is 2.32. The Labute approximate surface area is 74.0 Å². The highest BCUT2D eigenvalue weighted by atomic mass is 16.4. The van der Waals surface area contributed by atoms with Gasteiger partial charge < -0.3 is 10.8 Å². The maximum Gasteiger partial charge on any atom is 0.339 e. The van der Waals surface area contributed by atoms with Crippen molar-refractivity contribution in [1.29, 1.82) is 0 Å². The third-order valence-corrected chi connectivity index (χ3v) is 1.64. The molecular formula is C7H9N3O3. The number of hydrogen-bond donors (Lipinski definition) is 2. The lowest BCUT2D eigenvalue weighted by Crippen LogP contribution is -2.20. The lowest BCUT2D eigenvalue weighted by molar-refractivity contribution is -0.118. The van der Waals surface area contributed by atoms with Crippen molar-refractivity contribution in [3.8, 4) is 0 Å². The van der Waals surface area contributed by atoms with Gasteiger partial charge in [0.2, 0.25) is 5.91 Å². The standard InChI is InChI=1S/C7H9N3O3/c1-4-5(7(12)13)2-9-10(4)3-6(8)11/h2H,3H2,1H3,(H2,8,11)(H,12,13). The first-order chi connectivity index (χ1) is 6.02. The minimum Gasteiger partial charge on any atom is -0.478 e. The Balaban J connectivity index is 2.99. The van der Waals surface area contributed by atoms with Crippen molar-refractivity contribution in [1.82, 2.24) is 9.78 Å². The molecule has 0 saturated heterocycles. The number of primary amides is 1. The second kappa shape index (κ2) is 3.26. The Hall–Kier alpha value is -1.85. The molecule has 0 saturated carbocycles. The fraction of sp³-hybridized carbons (Fsp3) is 0.286. The zero-order chi connectivity index (χ0) is 10.0. The average molecular weight is 183 g/mol. The predicted octanol–water partition coefficient (Wildman–Crippen LogP) is -0.625. The maximum atomic E-state index is 10.6. The van der Waals surface area contributed by atoms with E-state index < -0.39 is 11.9 Å². The first-order valence-corrected chi connectivity index (χ1v) is 3.56. The molecule has 1 rings (SSSR count). The minimum absolute atomic E-state index is 0.0845. The third kappa shape index (κ3) is 1.84. The number of rotatable bonds is 3. The van der Waals surface area contributed by atoms with E-state index in [2.05, 4.69) is 5.10 Å². The van der Waals surface area contributed by atoms with Crippen LogP contribution in [-0.2, 0) is 11.3 Å². The smallest absolute Gasteiger partial charge is 0.339 e. The van der Waals surface area contributed by atoms with Crippen LogP contribution in [0.2, 0.25) is 0 Å². The molecule has 6 heteroatoms. The molecule has 0 unspecified atom stereocenters. The maximum absolute atomic E-state index is 10.6. The second-order valence-electron chi connectivity index (χ2n) is 2.57. The highest BCUT2D eigenvalue weighted by Crippen LogP contribution is 2.06. The molecule has 70 valence electrons. The summed E-state index contributed by atoms with van der Waals surface area (Å²) in [7, 11) is 0. The molecule has 1 aromatic rings. The van der Waals surface area contributed by atoms with Crippen LogP contribution in [0.3, 0.4) is 0 Å². The first-order valence-electron chi connectivity index (χ1n) is 3.56. The van der Waals surface area contributed by atoms with Gasteiger partial charge in [-0.05, 0) is 6.92 Å². The van der Waals surface area contributed by atoms with Crippen LogP contribution in [-0.4, -0.2) is 26.8 Å². The lowest BCUT2D eigenvalue weighted by atomic mass is 10.3. The number of carbonyl (C=O) groups excluding carboxylic acids is 1. The van der Waals surface area contributed by atoms with Crippen LogP contribution >= 0.6 is 0 Å². The Morgan fingerprint density at radius 3 is 2.69 bits per heavy atom. The van der Waals surface area contributed by atoms with Gasteiger partial charge in [-0.3, -0.25) is 9.48 Å². The highest BCUT2D eigenvalue weighted by Gasteiger charge is 2.13. The fourth-order valence-corrected chi connectivity index (χ4v) is 0.963. The molecule has 0 aliphatic carbocycles. The number of amides is 1. The summed E-state index contributed by atoms with van der Waals surface area (Å²) < 4.78 is 1.26. The monoisotopic (exact) mass is 183 g/mol. The van der Waals surface area contributed by atoms with Gasteiger partial charge >= 0.3 is 5.97 Å². The molecule has 0 bridgehead atoms. The van der Waals surface area contributed by atoms with E-state index in [4.69, 9.17) is 10.8 Å². The van der Waals surface area contributed by atoms with Gasteiger partial charge in [-0.15, -0.1) is 0 Å². The zero-order valence-corrected chi connectivity index (χ0v) is 7.02. The van der Waals surface area contributed by atoms with Crippen molar-refractivity contribution in [2.75, 3.05) is 0 Å². The zero-order valence-electron chi connectivity index (χ0n) is 7.02. The summed E-state index contributed by atoms with van der Waals surface area (Å²) >= 11 is 0. The van der Waals surface area contributed by atoms with Crippen LogP contribution in [0.1, 0.15) is 16.1 Å². The number of aromatic carboxylic acids is 1. The van der Waals surface area contributed by atoms with Crippen LogP contribution in [0.4, 0.5) is 0 Å². The van der Waals surface area contributed by atoms with Gasteiger partial charge in [0.1, 0.15) is 12.1 Å². The van der Waals surface area contributed by atoms with Gasteiger partial charge in [0.15, 0.2) is 0 Å². The fourth-order valence-electron chi connectivity index (χ4n) is 0.963. The van der Waals surface area contributed by atoms with Crippen molar-refractivity contribution in [3.05, 3.63) is 17.5 Å². The number of carboxylic acids is 1. The Morgan fingerprint density at radius 1 is 1.69 bits per heavy atom. The minimum atomic E-state index is -1.06. The van der Waals surface area contributed by atoms with Crippen molar-refractivity contribution in [3.63, 3.8) is 0 Å². The van der Waals surface area contributed by atoms with Crippen LogP contribution in [0.25, 0.3) is 0 Å². The number of nitrogens with two attached hydrogens (primary N) is 1. The summed E-state index contributed by atoms with van der Waals surface area (Å²) in [5, 5.41) is 12.4. The van der Waals surface area contributed by atoms with E-state index in [1.54, 1.807) is 6.92 Å². The normalized spacial score (nSPS) is 9.92. The van der Waals surface area contributed by atoms with Crippen LogP contribution < -0.4 is 5.73 Å². The van der Waals surface area contributed by atoms with E-state index in [0.29, 0.717) is 5.69 Å². The lowest BCUT2D eigenvalue weighted by Gasteiger charge is -1.99. The Bertz CT molecular complexity index is 356. The van der Waals surface area contributed by atoms with Crippen molar-refractivity contribution in [2.45, 2.75) is 13.5 Å². The Kier molecular flexibility index (Phi) is 2.32. The summed E-state index contributed by atoms with van der Waals surface area (Å²) in [6.07, 6.45) is 1.20. The largest absolute Gasteiger partial charge is 0.478 e. The van der Waals surface area contributed by atoms with Gasteiger partial charge in [-0.1, -0.05) is 0 Å². The van der Waals surface area contributed by atoms with E-state index in [1.165, 1.54) is 10.9 Å². The molecule has 0 aromatic carbocycles. The summed E-state index contributed by atoms with van der Waals surface area (Å²) in [5.74, 6) is -1.61. The topological polar surface area (TPSA) is 98.2 Å². The SMILES string of the molecule is Cc1c(C(=O)O)cnn1CC(N)=O. The molecule has 0 radical (unpaired) electrons. The van der Waals surface area contributed by atoms with Crippen molar-refractivity contribution < 1.29 is 14.7 Å². The first kappa shape index (κ1) is 9.24. The van der Waals surface area contributed by atoms with E-state index in [0.717, 1.165) is 0 Å². The molecule has 13 heavy (non-hydrogen) atoms. The molecule has 0 aliphatic rings. The number of carbonyl (C=O) groups is 2. The van der Waals surface area contributed by atoms with Gasteiger partial charge in [-0.25, -0.2) is 4.79 Å². The molecular weight excluding hydrogens is 174 g/mol. The number of carboxylic acid groups (broad SMARTS) is 1. The summed E-state index contributed by atoms with van der Waals surface area (Å²) in [6.45, 7) is 1.47. The van der Waals surface area contributed by atoms with E-state index >= 15 is 0 Å². The third-order valence-electron chi connectivity index (χ3n) is 1.64. The molecule has 0 spiro atoms. The molecule has 0 fully saturated rings. The molecule has 1 heterocycles.